The number of aromatic nitrogens is 4. The van der Waals surface area contributed by atoms with Crippen molar-refractivity contribution in [3.05, 3.63) is 63.2 Å². The minimum Gasteiger partial charge on any atom is -0.454 e. The number of carbonyl (C=O) groups is 1. The Morgan fingerprint density at radius 1 is 1.29 bits per heavy atom. The number of hydrogen-bond acceptors (Lipinski definition) is 8. The van der Waals surface area contributed by atoms with Gasteiger partial charge in [-0.1, -0.05) is 17.3 Å². The second-order valence-electron chi connectivity index (χ2n) is 6.12. The lowest BCUT2D eigenvalue weighted by Gasteiger charge is -2.12. The van der Waals surface area contributed by atoms with Crippen molar-refractivity contribution in [3.8, 4) is 11.4 Å². The van der Waals surface area contributed by atoms with Gasteiger partial charge in [-0.3, -0.25) is 9.59 Å². The van der Waals surface area contributed by atoms with Gasteiger partial charge in [0, 0.05) is 17.4 Å². The maximum Gasteiger partial charge on any atom is 0.307 e. The lowest BCUT2D eigenvalue weighted by atomic mass is 10.2. The first kappa shape index (κ1) is 18.1. The Morgan fingerprint density at radius 3 is 2.96 bits per heavy atom. The second-order valence-corrected chi connectivity index (χ2v) is 6.90. The first-order valence-electron chi connectivity index (χ1n) is 8.64. The first-order chi connectivity index (χ1) is 13.6. The Balaban J connectivity index is 1.38. The van der Waals surface area contributed by atoms with Crippen molar-refractivity contribution in [2.24, 2.45) is 0 Å². The Bertz CT molecular complexity index is 1170. The average Bonchev–Trinajstić information content (AvgIpc) is 3.38. The predicted octanol–water partition coefficient (Wildman–Crippen LogP) is 3.27. The normalized spacial score (nSPS) is 12.2. The van der Waals surface area contributed by atoms with Crippen LogP contribution in [0, 0.1) is 0 Å². The van der Waals surface area contributed by atoms with Crippen LogP contribution in [0.15, 0.2) is 50.4 Å². The van der Waals surface area contributed by atoms with E-state index in [-0.39, 0.29) is 18.4 Å². The molecule has 0 spiro atoms. The molecule has 0 fully saturated rings. The summed E-state index contributed by atoms with van der Waals surface area (Å²) in [6.07, 6.45) is -0.341. The van der Waals surface area contributed by atoms with Crippen LogP contribution >= 0.6 is 11.3 Å². The molecular formula is C19H16N4O4S. The van der Waals surface area contributed by atoms with Gasteiger partial charge in [0.25, 0.3) is 5.56 Å². The topological polar surface area (TPSA) is 111 Å². The van der Waals surface area contributed by atoms with Crippen LogP contribution in [0.4, 0.5) is 0 Å². The van der Waals surface area contributed by atoms with Crippen LogP contribution in [0.5, 0.6) is 0 Å². The van der Waals surface area contributed by atoms with Crippen molar-refractivity contribution >= 4 is 28.2 Å². The SMILES string of the molecule is C[C@H](OC(=O)CCc1nc(-c2ccsc2)no1)c1nc2ccccc2c(=O)[nH]1. The van der Waals surface area contributed by atoms with Crippen LogP contribution in [0.2, 0.25) is 0 Å². The molecule has 0 aliphatic rings. The number of para-hydroxylation sites is 1. The van der Waals surface area contributed by atoms with Gasteiger partial charge in [-0.25, -0.2) is 4.98 Å². The van der Waals surface area contributed by atoms with Crippen molar-refractivity contribution in [1.82, 2.24) is 20.1 Å². The Morgan fingerprint density at radius 2 is 2.14 bits per heavy atom. The summed E-state index contributed by atoms with van der Waals surface area (Å²) in [5, 5.41) is 8.24. The lowest BCUT2D eigenvalue weighted by molar-refractivity contribution is -0.149. The highest BCUT2D eigenvalue weighted by atomic mass is 32.1. The molecule has 28 heavy (non-hydrogen) atoms. The molecule has 142 valence electrons. The van der Waals surface area contributed by atoms with Gasteiger partial charge < -0.3 is 14.2 Å². The number of hydrogen-bond donors (Lipinski definition) is 1. The minimum atomic E-state index is -0.686. The number of nitrogens with zero attached hydrogens (tertiary/aromatic N) is 3. The van der Waals surface area contributed by atoms with Gasteiger partial charge in [0.15, 0.2) is 11.9 Å². The molecule has 0 aliphatic carbocycles. The van der Waals surface area contributed by atoms with Crippen molar-refractivity contribution in [1.29, 1.82) is 0 Å². The monoisotopic (exact) mass is 396 g/mol. The zero-order chi connectivity index (χ0) is 19.5. The second kappa shape index (κ2) is 7.73. The van der Waals surface area contributed by atoms with Crippen LogP contribution < -0.4 is 5.56 Å². The summed E-state index contributed by atoms with van der Waals surface area (Å²) in [6.45, 7) is 1.66. The molecule has 1 N–H and O–H groups in total. The van der Waals surface area contributed by atoms with E-state index in [2.05, 4.69) is 20.1 Å². The van der Waals surface area contributed by atoms with Crippen molar-refractivity contribution in [2.45, 2.75) is 25.9 Å². The fourth-order valence-corrected chi connectivity index (χ4v) is 3.32. The van der Waals surface area contributed by atoms with Crippen molar-refractivity contribution in [3.63, 3.8) is 0 Å². The van der Waals surface area contributed by atoms with E-state index in [0.29, 0.717) is 28.4 Å². The zero-order valence-corrected chi connectivity index (χ0v) is 15.7. The van der Waals surface area contributed by atoms with E-state index in [4.69, 9.17) is 9.26 Å². The van der Waals surface area contributed by atoms with Gasteiger partial charge >= 0.3 is 5.97 Å². The molecule has 3 aromatic heterocycles. The van der Waals surface area contributed by atoms with Crippen LogP contribution in [0.3, 0.4) is 0 Å². The number of rotatable bonds is 6. The molecule has 0 unspecified atom stereocenters. The lowest BCUT2D eigenvalue weighted by Crippen LogP contribution is -2.17. The number of carbonyl (C=O) groups excluding carboxylic acids is 1. The number of fused-ring (bicyclic) bond motifs is 1. The van der Waals surface area contributed by atoms with E-state index in [1.165, 1.54) is 0 Å². The summed E-state index contributed by atoms with van der Waals surface area (Å²) in [5.41, 5.74) is 1.16. The Hall–Kier alpha value is -3.33. The number of thiophene rings is 1. The summed E-state index contributed by atoms with van der Waals surface area (Å²) < 4.78 is 10.5. The molecule has 4 aromatic rings. The van der Waals surface area contributed by atoms with E-state index in [1.807, 2.05) is 16.8 Å². The number of aromatic amines is 1. The number of nitrogens with one attached hydrogen (secondary N) is 1. The number of benzene rings is 1. The van der Waals surface area contributed by atoms with Gasteiger partial charge in [-0.2, -0.15) is 16.3 Å². The molecule has 0 radical (unpaired) electrons. The molecule has 4 rings (SSSR count). The predicted molar refractivity (Wildman–Crippen MR) is 103 cm³/mol. The largest absolute Gasteiger partial charge is 0.454 e. The smallest absolute Gasteiger partial charge is 0.307 e. The van der Waals surface area contributed by atoms with Crippen LogP contribution in [0.1, 0.15) is 31.2 Å². The molecule has 0 saturated heterocycles. The Labute approximate surface area is 163 Å². The number of ether oxygens (including phenoxy) is 1. The third-order valence-corrected chi connectivity index (χ3v) is 4.80. The number of H-pyrrole nitrogens is 1. The number of aryl methyl sites for hydroxylation is 1. The molecule has 0 aliphatic heterocycles. The quantitative estimate of drug-likeness (QED) is 0.498. The van der Waals surface area contributed by atoms with E-state index in [0.717, 1.165) is 5.56 Å². The molecule has 1 atom stereocenters. The van der Waals surface area contributed by atoms with Crippen LogP contribution in [0.25, 0.3) is 22.3 Å². The van der Waals surface area contributed by atoms with Crippen LogP contribution in [-0.4, -0.2) is 26.1 Å². The summed E-state index contributed by atoms with van der Waals surface area (Å²) in [6, 6.07) is 8.89. The standard InChI is InChI=1S/C19H16N4O4S/c1-11(17-20-14-5-3-2-4-13(14)19(25)22-17)26-16(24)7-6-15-21-18(23-27-15)12-8-9-28-10-12/h2-5,8-11H,6-7H2,1H3,(H,20,22,25)/t11-/m0/s1. The van der Waals surface area contributed by atoms with Gasteiger partial charge in [-0.05, 0) is 30.5 Å². The third-order valence-electron chi connectivity index (χ3n) is 4.11. The molecule has 0 saturated carbocycles. The maximum absolute atomic E-state index is 12.2. The molecule has 3 heterocycles. The summed E-state index contributed by atoms with van der Waals surface area (Å²) in [7, 11) is 0. The fourth-order valence-electron chi connectivity index (χ4n) is 2.68. The van der Waals surface area contributed by atoms with Gasteiger partial charge in [0.05, 0.1) is 17.3 Å². The highest BCUT2D eigenvalue weighted by molar-refractivity contribution is 7.08. The van der Waals surface area contributed by atoms with Crippen molar-refractivity contribution < 1.29 is 14.1 Å². The molecular weight excluding hydrogens is 380 g/mol. The molecule has 8 nitrogen and oxygen atoms in total. The van der Waals surface area contributed by atoms with Crippen molar-refractivity contribution in [2.75, 3.05) is 0 Å². The maximum atomic E-state index is 12.2. The van der Waals surface area contributed by atoms with E-state index < -0.39 is 12.1 Å². The third kappa shape index (κ3) is 3.84. The zero-order valence-electron chi connectivity index (χ0n) is 14.9. The number of esters is 1. The molecule has 0 bridgehead atoms. The molecule has 1 aromatic carbocycles. The highest BCUT2D eigenvalue weighted by Crippen LogP contribution is 2.19. The minimum absolute atomic E-state index is 0.0768. The summed E-state index contributed by atoms with van der Waals surface area (Å²) in [4.78, 5) is 35.6. The molecule has 9 heteroatoms. The summed E-state index contributed by atoms with van der Waals surface area (Å²) in [5.74, 6) is 0.715. The van der Waals surface area contributed by atoms with Gasteiger partial charge in [0.2, 0.25) is 11.7 Å². The van der Waals surface area contributed by atoms with E-state index in [1.54, 1.807) is 42.5 Å². The van der Waals surface area contributed by atoms with E-state index in [9.17, 15) is 9.59 Å². The fraction of sp³-hybridized carbons (Fsp3) is 0.211. The average molecular weight is 396 g/mol. The van der Waals surface area contributed by atoms with Gasteiger partial charge in [0.1, 0.15) is 0 Å². The Kier molecular flexibility index (Phi) is 4.98. The van der Waals surface area contributed by atoms with Gasteiger partial charge in [-0.15, -0.1) is 0 Å². The summed E-state index contributed by atoms with van der Waals surface area (Å²) >= 11 is 1.54. The highest BCUT2D eigenvalue weighted by Gasteiger charge is 2.17. The first-order valence-corrected chi connectivity index (χ1v) is 9.58. The van der Waals surface area contributed by atoms with Crippen LogP contribution in [-0.2, 0) is 16.0 Å². The molecule has 0 amide bonds. The van der Waals surface area contributed by atoms with E-state index >= 15 is 0 Å².